The van der Waals surface area contributed by atoms with Crippen LogP contribution in [0, 0.1) is 5.92 Å². The van der Waals surface area contributed by atoms with Gasteiger partial charge in [-0.05, 0) is 43.7 Å². The van der Waals surface area contributed by atoms with E-state index in [1.54, 1.807) is 6.92 Å². The van der Waals surface area contributed by atoms with Crippen molar-refractivity contribution in [2.24, 2.45) is 5.92 Å². The highest BCUT2D eigenvalue weighted by atomic mass is 16.1. The fourth-order valence-corrected chi connectivity index (χ4v) is 1.57. The number of benzene rings is 1. The summed E-state index contributed by atoms with van der Waals surface area (Å²) in [5.41, 5.74) is 2.16. The second-order valence-corrected chi connectivity index (χ2v) is 3.90. The summed E-state index contributed by atoms with van der Waals surface area (Å²) in [6.45, 7) is 1.62. The standard InChI is InChI=1S/C12H14O/c1-9(13)12-4-2-3-11(8-12)7-10-5-6-10/h2-4,8,10H,5-7H2,1H3. The van der Waals surface area contributed by atoms with Crippen LogP contribution in [0.5, 0.6) is 0 Å². The first-order valence-corrected chi connectivity index (χ1v) is 4.85. The van der Waals surface area contributed by atoms with E-state index >= 15 is 0 Å². The van der Waals surface area contributed by atoms with Gasteiger partial charge in [-0.1, -0.05) is 18.2 Å². The predicted octanol–water partition coefficient (Wildman–Crippen LogP) is 2.84. The van der Waals surface area contributed by atoms with E-state index in [9.17, 15) is 4.79 Å². The van der Waals surface area contributed by atoms with Crippen LogP contribution in [0.2, 0.25) is 0 Å². The van der Waals surface area contributed by atoms with Gasteiger partial charge in [0.25, 0.3) is 0 Å². The Hall–Kier alpha value is -1.11. The molecule has 1 heteroatoms. The second kappa shape index (κ2) is 3.33. The van der Waals surface area contributed by atoms with Crippen LogP contribution in [0.3, 0.4) is 0 Å². The Morgan fingerprint density at radius 1 is 1.46 bits per heavy atom. The van der Waals surface area contributed by atoms with Crippen LogP contribution in [0.1, 0.15) is 35.7 Å². The van der Waals surface area contributed by atoms with Crippen molar-refractivity contribution in [1.29, 1.82) is 0 Å². The Labute approximate surface area is 78.8 Å². The van der Waals surface area contributed by atoms with Crippen molar-refractivity contribution in [2.75, 3.05) is 0 Å². The van der Waals surface area contributed by atoms with E-state index in [0.29, 0.717) is 0 Å². The molecule has 1 aliphatic rings. The topological polar surface area (TPSA) is 17.1 Å². The minimum absolute atomic E-state index is 0.164. The molecule has 0 aromatic heterocycles. The average molecular weight is 174 g/mol. The van der Waals surface area contributed by atoms with Gasteiger partial charge in [0.1, 0.15) is 0 Å². The van der Waals surface area contributed by atoms with Crippen LogP contribution in [0.4, 0.5) is 0 Å². The number of hydrogen-bond acceptors (Lipinski definition) is 1. The highest BCUT2D eigenvalue weighted by Crippen LogP contribution is 2.32. The van der Waals surface area contributed by atoms with Crippen LogP contribution in [-0.2, 0) is 6.42 Å². The Bertz CT molecular complexity index is 324. The van der Waals surface area contributed by atoms with Crippen LogP contribution < -0.4 is 0 Å². The predicted molar refractivity (Wildman–Crippen MR) is 52.9 cm³/mol. The molecule has 1 aromatic carbocycles. The fourth-order valence-electron chi connectivity index (χ4n) is 1.57. The Kier molecular flexibility index (Phi) is 2.17. The first-order valence-electron chi connectivity index (χ1n) is 4.85. The summed E-state index contributed by atoms with van der Waals surface area (Å²) in [5, 5.41) is 0. The van der Waals surface area contributed by atoms with Gasteiger partial charge < -0.3 is 0 Å². The smallest absolute Gasteiger partial charge is 0.159 e. The molecule has 0 atom stereocenters. The zero-order valence-electron chi connectivity index (χ0n) is 7.92. The molecule has 2 rings (SSSR count). The van der Waals surface area contributed by atoms with Crippen LogP contribution in [-0.4, -0.2) is 5.78 Å². The Balaban J connectivity index is 2.15. The lowest BCUT2D eigenvalue weighted by Crippen LogP contribution is -1.94. The first kappa shape index (κ1) is 8.49. The molecular weight excluding hydrogens is 160 g/mol. The highest BCUT2D eigenvalue weighted by molar-refractivity contribution is 5.94. The quantitative estimate of drug-likeness (QED) is 0.644. The van der Waals surface area contributed by atoms with E-state index in [-0.39, 0.29) is 5.78 Å². The zero-order valence-corrected chi connectivity index (χ0v) is 7.92. The summed E-state index contributed by atoms with van der Waals surface area (Å²) >= 11 is 0. The molecule has 0 saturated heterocycles. The number of ketones is 1. The lowest BCUT2D eigenvalue weighted by molar-refractivity contribution is 0.101. The molecule has 0 aliphatic heterocycles. The van der Waals surface area contributed by atoms with E-state index in [1.807, 2.05) is 18.2 Å². The van der Waals surface area contributed by atoms with Gasteiger partial charge >= 0.3 is 0 Å². The minimum atomic E-state index is 0.164. The Morgan fingerprint density at radius 2 is 2.23 bits per heavy atom. The number of Topliss-reactive ketones (excluding diaryl/α,β-unsaturated/α-hetero) is 1. The number of rotatable bonds is 3. The van der Waals surface area contributed by atoms with E-state index in [0.717, 1.165) is 17.9 Å². The fraction of sp³-hybridized carbons (Fsp3) is 0.417. The van der Waals surface area contributed by atoms with Gasteiger partial charge in [0.2, 0.25) is 0 Å². The van der Waals surface area contributed by atoms with Crippen LogP contribution in [0.25, 0.3) is 0 Å². The summed E-state index contributed by atoms with van der Waals surface area (Å²) in [7, 11) is 0. The number of hydrogen-bond donors (Lipinski definition) is 0. The maximum absolute atomic E-state index is 11.1. The summed E-state index contributed by atoms with van der Waals surface area (Å²) in [5.74, 6) is 1.06. The van der Waals surface area contributed by atoms with Crippen LogP contribution in [0.15, 0.2) is 24.3 Å². The number of carbonyl (C=O) groups excluding carboxylic acids is 1. The van der Waals surface area contributed by atoms with Crippen molar-refractivity contribution in [3.05, 3.63) is 35.4 Å². The minimum Gasteiger partial charge on any atom is -0.295 e. The SMILES string of the molecule is CC(=O)c1cccc(CC2CC2)c1. The summed E-state index contributed by atoms with van der Waals surface area (Å²) in [4.78, 5) is 11.1. The third-order valence-electron chi connectivity index (χ3n) is 2.55. The van der Waals surface area contributed by atoms with Crippen molar-refractivity contribution in [2.45, 2.75) is 26.2 Å². The molecule has 0 radical (unpaired) electrons. The van der Waals surface area contributed by atoms with Gasteiger partial charge in [0.15, 0.2) is 5.78 Å². The molecule has 0 amide bonds. The summed E-state index contributed by atoms with van der Waals surface area (Å²) in [6, 6.07) is 8.01. The normalized spacial score (nSPS) is 15.8. The molecule has 1 aliphatic carbocycles. The van der Waals surface area contributed by atoms with Crippen LogP contribution >= 0.6 is 0 Å². The third kappa shape index (κ3) is 2.18. The lowest BCUT2D eigenvalue weighted by Gasteiger charge is -2.01. The van der Waals surface area contributed by atoms with Crippen molar-refractivity contribution in [3.63, 3.8) is 0 Å². The van der Waals surface area contributed by atoms with Crippen molar-refractivity contribution in [3.8, 4) is 0 Å². The molecule has 1 fully saturated rings. The molecular formula is C12H14O. The van der Waals surface area contributed by atoms with E-state index < -0.39 is 0 Å². The van der Waals surface area contributed by atoms with Gasteiger partial charge in [-0.25, -0.2) is 0 Å². The lowest BCUT2D eigenvalue weighted by atomic mass is 10.0. The molecule has 1 saturated carbocycles. The first-order chi connectivity index (χ1) is 6.25. The molecule has 0 heterocycles. The molecule has 68 valence electrons. The van der Waals surface area contributed by atoms with Gasteiger partial charge in [0.05, 0.1) is 0 Å². The summed E-state index contributed by atoms with van der Waals surface area (Å²) in [6.07, 6.45) is 3.88. The maximum Gasteiger partial charge on any atom is 0.159 e. The largest absolute Gasteiger partial charge is 0.295 e. The van der Waals surface area contributed by atoms with Crippen molar-refractivity contribution >= 4 is 5.78 Å². The maximum atomic E-state index is 11.1. The zero-order chi connectivity index (χ0) is 9.26. The van der Waals surface area contributed by atoms with E-state index in [2.05, 4.69) is 6.07 Å². The molecule has 1 nitrogen and oxygen atoms in total. The summed E-state index contributed by atoms with van der Waals surface area (Å²) < 4.78 is 0. The molecule has 0 N–H and O–H groups in total. The molecule has 0 bridgehead atoms. The Morgan fingerprint density at radius 3 is 2.85 bits per heavy atom. The van der Waals surface area contributed by atoms with E-state index in [4.69, 9.17) is 0 Å². The highest BCUT2D eigenvalue weighted by Gasteiger charge is 2.21. The van der Waals surface area contributed by atoms with Gasteiger partial charge in [0, 0.05) is 5.56 Å². The molecule has 1 aromatic rings. The molecule has 13 heavy (non-hydrogen) atoms. The monoisotopic (exact) mass is 174 g/mol. The van der Waals surface area contributed by atoms with Crippen molar-refractivity contribution < 1.29 is 4.79 Å². The second-order valence-electron chi connectivity index (χ2n) is 3.90. The van der Waals surface area contributed by atoms with Gasteiger partial charge in [-0.15, -0.1) is 0 Å². The van der Waals surface area contributed by atoms with Crippen molar-refractivity contribution in [1.82, 2.24) is 0 Å². The third-order valence-corrected chi connectivity index (χ3v) is 2.55. The molecule has 0 unspecified atom stereocenters. The van der Waals surface area contributed by atoms with Gasteiger partial charge in [-0.3, -0.25) is 4.79 Å². The van der Waals surface area contributed by atoms with E-state index in [1.165, 1.54) is 18.4 Å². The average Bonchev–Trinajstić information content (AvgIpc) is 2.89. The van der Waals surface area contributed by atoms with Gasteiger partial charge in [-0.2, -0.15) is 0 Å². The number of carbonyl (C=O) groups is 1. The molecule has 0 spiro atoms.